The zero-order chi connectivity index (χ0) is 22.4. The smallest absolute Gasteiger partial charge is 0.0821 e. The summed E-state index contributed by atoms with van der Waals surface area (Å²) in [5.41, 5.74) is 4.15. The van der Waals surface area contributed by atoms with Crippen molar-refractivity contribution in [1.29, 1.82) is 0 Å². The molecule has 0 N–H and O–H groups in total. The van der Waals surface area contributed by atoms with Gasteiger partial charge in [-0.15, -0.1) is 0 Å². The molecule has 1 fully saturated rings. The van der Waals surface area contributed by atoms with E-state index in [-0.39, 0.29) is 6.10 Å². The lowest BCUT2D eigenvalue weighted by atomic mass is 9.77. The molecule has 0 bridgehead atoms. The van der Waals surface area contributed by atoms with Crippen LogP contribution < -0.4 is 0 Å². The molecule has 0 spiro atoms. The summed E-state index contributed by atoms with van der Waals surface area (Å²) in [6, 6.07) is 19.9. The Morgan fingerprint density at radius 3 is 2.22 bits per heavy atom. The molecule has 1 atom stereocenters. The van der Waals surface area contributed by atoms with Gasteiger partial charge in [0.25, 0.3) is 0 Å². The first-order valence-electron chi connectivity index (χ1n) is 13.1. The summed E-state index contributed by atoms with van der Waals surface area (Å²) in [5, 5.41) is 0. The summed E-state index contributed by atoms with van der Waals surface area (Å²) in [7, 11) is 1.85. The Labute approximate surface area is 197 Å². The summed E-state index contributed by atoms with van der Waals surface area (Å²) >= 11 is 0. The maximum atomic E-state index is 5.78. The molecule has 1 nitrogen and oxygen atoms in total. The number of benzene rings is 2. The average molecular weight is 433 g/mol. The van der Waals surface area contributed by atoms with Crippen LogP contribution >= 0.6 is 0 Å². The summed E-state index contributed by atoms with van der Waals surface area (Å²) in [4.78, 5) is 0. The van der Waals surface area contributed by atoms with Crippen molar-refractivity contribution in [3.8, 4) is 0 Å². The minimum atomic E-state index is 0.260. The van der Waals surface area contributed by atoms with E-state index in [1.165, 1.54) is 87.3 Å². The molecule has 174 valence electrons. The van der Waals surface area contributed by atoms with Gasteiger partial charge < -0.3 is 4.74 Å². The van der Waals surface area contributed by atoms with Gasteiger partial charge in [0.2, 0.25) is 0 Å². The van der Waals surface area contributed by atoms with Crippen molar-refractivity contribution in [1.82, 2.24) is 0 Å². The SMILES string of the molecule is CCC/C=C/c1ccc(CCCCC2CCC(CCC(OC)c3ccccc3)CC2)cc1. The van der Waals surface area contributed by atoms with Crippen molar-refractivity contribution in [3.05, 3.63) is 77.4 Å². The summed E-state index contributed by atoms with van der Waals surface area (Å²) in [6.45, 7) is 2.23. The van der Waals surface area contributed by atoms with Gasteiger partial charge in [0, 0.05) is 7.11 Å². The fraction of sp³-hybridized carbons (Fsp3) is 0.548. The highest BCUT2D eigenvalue weighted by molar-refractivity contribution is 5.49. The Balaban J connectivity index is 1.28. The van der Waals surface area contributed by atoms with E-state index in [4.69, 9.17) is 4.74 Å². The van der Waals surface area contributed by atoms with Crippen molar-refractivity contribution in [2.75, 3.05) is 7.11 Å². The second-order valence-corrected chi connectivity index (χ2v) is 9.78. The lowest BCUT2D eigenvalue weighted by molar-refractivity contribution is 0.0852. The van der Waals surface area contributed by atoms with Crippen LogP contribution in [-0.2, 0) is 11.2 Å². The van der Waals surface area contributed by atoms with Crippen LogP contribution in [0.4, 0.5) is 0 Å². The lowest BCUT2D eigenvalue weighted by Gasteiger charge is -2.29. The van der Waals surface area contributed by atoms with Crippen molar-refractivity contribution >= 4 is 6.08 Å². The second kappa shape index (κ2) is 14.3. The molecule has 0 aromatic heterocycles. The molecule has 0 radical (unpaired) electrons. The van der Waals surface area contributed by atoms with Gasteiger partial charge in [-0.05, 0) is 60.6 Å². The number of allylic oxidation sites excluding steroid dienone is 1. The van der Waals surface area contributed by atoms with E-state index in [0.29, 0.717) is 0 Å². The van der Waals surface area contributed by atoms with E-state index >= 15 is 0 Å². The number of ether oxygens (including phenoxy) is 1. The van der Waals surface area contributed by atoms with E-state index in [1.807, 2.05) is 7.11 Å². The molecule has 1 saturated carbocycles. The number of aryl methyl sites for hydroxylation is 1. The zero-order valence-electron chi connectivity index (χ0n) is 20.5. The maximum Gasteiger partial charge on any atom is 0.0821 e. The molecule has 0 heterocycles. The Morgan fingerprint density at radius 1 is 0.875 bits per heavy atom. The van der Waals surface area contributed by atoms with Crippen LogP contribution in [0.15, 0.2) is 60.7 Å². The summed E-state index contributed by atoms with van der Waals surface area (Å²) in [6.07, 6.45) is 20.7. The monoisotopic (exact) mass is 432 g/mol. The minimum Gasteiger partial charge on any atom is -0.377 e. The Kier molecular flexibility index (Phi) is 11.1. The van der Waals surface area contributed by atoms with Gasteiger partial charge >= 0.3 is 0 Å². The highest BCUT2D eigenvalue weighted by Gasteiger charge is 2.22. The first-order valence-corrected chi connectivity index (χ1v) is 13.1. The Morgan fingerprint density at radius 2 is 1.56 bits per heavy atom. The molecule has 2 aromatic rings. The molecule has 3 rings (SSSR count). The third-order valence-corrected chi connectivity index (χ3v) is 7.33. The standard InChI is InChI=1S/C31H44O/c1-3-4-6-11-26-16-18-27(19-17-26)12-9-10-13-28-20-22-29(23-21-28)24-25-31(32-2)30-14-7-5-8-15-30/h5-8,11,14-19,28-29,31H,3-4,9-10,12-13,20-25H2,1-2H3/b11-6+. The highest BCUT2D eigenvalue weighted by atomic mass is 16.5. The number of rotatable bonds is 13. The quantitative estimate of drug-likeness (QED) is 0.287. The average Bonchev–Trinajstić information content (AvgIpc) is 2.85. The van der Waals surface area contributed by atoms with E-state index in [9.17, 15) is 0 Å². The molecule has 32 heavy (non-hydrogen) atoms. The lowest BCUT2D eigenvalue weighted by Crippen LogP contribution is -2.16. The van der Waals surface area contributed by atoms with Crippen molar-refractivity contribution in [2.45, 2.75) is 90.1 Å². The van der Waals surface area contributed by atoms with Crippen molar-refractivity contribution in [2.24, 2.45) is 11.8 Å². The molecular formula is C31H44O. The van der Waals surface area contributed by atoms with Crippen LogP contribution in [0.1, 0.15) is 100 Å². The second-order valence-electron chi connectivity index (χ2n) is 9.78. The third-order valence-electron chi connectivity index (χ3n) is 7.33. The van der Waals surface area contributed by atoms with Gasteiger partial charge in [0.1, 0.15) is 0 Å². The van der Waals surface area contributed by atoms with Crippen LogP contribution in [0, 0.1) is 11.8 Å². The predicted molar refractivity (Wildman–Crippen MR) is 139 cm³/mol. The fourth-order valence-corrected chi connectivity index (χ4v) is 5.23. The summed E-state index contributed by atoms with van der Waals surface area (Å²) in [5.74, 6) is 1.86. The van der Waals surface area contributed by atoms with E-state index in [0.717, 1.165) is 18.3 Å². The number of unbranched alkanes of at least 4 members (excludes halogenated alkanes) is 2. The van der Waals surface area contributed by atoms with E-state index in [1.54, 1.807) is 0 Å². The fourth-order valence-electron chi connectivity index (χ4n) is 5.23. The van der Waals surface area contributed by atoms with Crippen molar-refractivity contribution < 1.29 is 4.74 Å². The van der Waals surface area contributed by atoms with E-state index in [2.05, 4.69) is 73.7 Å². The first kappa shape index (κ1) is 24.8. The maximum absolute atomic E-state index is 5.78. The largest absolute Gasteiger partial charge is 0.377 e. The van der Waals surface area contributed by atoms with Gasteiger partial charge in [0.15, 0.2) is 0 Å². The topological polar surface area (TPSA) is 9.23 Å². The first-order chi connectivity index (χ1) is 15.8. The molecule has 0 amide bonds. The van der Waals surface area contributed by atoms with Crippen LogP contribution in [-0.4, -0.2) is 7.11 Å². The number of methoxy groups -OCH3 is 1. The van der Waals surface area contributed by atoms with Gasteiger partial charge in [-0.1, -0.05) is 119 Å². The highest BCUT2D eigenvalue weighted by Crippen LogP contribution is 2.36. The zero-order valence-corrected chi connectivity index (χ0v) is 20.5. The molecule has 1 heteroatoms. The molecule has 2 aromatic carbocycles. The van der Waals surface area contributed by atoms with Gasteiger partial charge in [-0.3, -0.25) is 0 Å². The molecule has 1 unspecified atom stereocenters. The van der Waals surface area contributed by atoms with E-state index < -0.39 is 0 Å². The normalized spacial score (nSPS) is 19.9. The third kappa shape index (κ3) is 8.58. The molecule has 1 aliphatic carbocycles. The van der Waals surface area contributed by atoms with Crippen LogP contribution in [0.25, 0.3) is 6.08 Å². The number of hydrogen-bond donors (Lipinski definition) is 0. The predicted octanol–water partition coefficient (Wildman–Crippen LogP) is 9.19. The summed E-state index contributed by atoms with van der Waals surface area (Å²) < 4.78 is 5.78. The van der Waals surface area contributed by atoms with Gasteiger partial charge in [-0.25, -0.2) is 0 Å². The Hall–Kier alpha value is -1.86. The van der Waals surface area contributed by atoms with Gasteiger partial charge in [0.05, 0.1) is 6.10 Å². The van der Waals surface area contributed by atoms with Crippen molar-refractivity contribution in [3.63, 3.8) is 0 Å². The van der Waals surface area contributed by atoms with Crippen LogP contribution in [0.2, 0.25) is 0 Å². The number of hydrogen-bond acceptors (Lipinski definition) is 1. The molecular weight excluding hydrogens is 388 g/mol. The Bertz CT molecular complexity index is 753. The molecule has 1 aliphatic rings. The molecule has 0 aliphatic heterocycles. The minimum absolute atomic E-state index is 0.260. The van der Waals surface area contributed by atoms with Crippen LogP contribution in [0.3, 0.4) is 0 Å². The van der Waals surface area contributed by atoms with Crippen LogP contribution in [0.5, 0.6) is 0 Å². The van der Waals surface area contributed by atoms with Gasteiger partial charge in [-0.2, -0.15) is 0 Å². The molecule has 0 saturated heterocycles.